The largest absolute Gasteiger partial charge is 0.496 e. The van der Waals surface area contributed by atoms with Crippen LogP contribution in [0.15, 0.2) is 36.4 Å². The second kappa shape index (κ2) is 6.20. The Balaban J connectivity index is 2.30. The molecule has 0 saturated heterocycles. The number of benzene rings is 2. The van der Waals surface area contributed by atoms with E-state index < -0.39 is 17.7 Å². The molecule has 0 aliphatic heterocycles. The van der Waals surface area contributed by atoms with Crippen molar-refractivity contribution in [1.29, 1.82) is 0 Å². The molecule has 0 aliphatic rings. The summed E-state index contributed by atoms with van der Waals surface area (Å²) in [6, 6.07) is 8.17. The van der Waals surface area contributed by atoms with Crippen molar-refractivity contribution < 1.29 is 18.6 Å². The van der Waals surface area contributed by atoms with Gasteiger partial charge in [-0.15, -0.1) is 0 Å². The number of aliphatic hydroxyl groups is 1. The summed E-state index contributed by atoms with van der Waals surface area (Å²) in [6.45, 7) is 0. The maximum atomic E-state index is 13.8. The number of rotatable bonds is 4. The van der Waals surface area contributed by atoms with Crippen LogP contribution in [0.5, 0.6) is 5.75 Å². The van der Waals surface area contributed by atoms with Crippen LogP contribution in [0, 0.1) is 11.6 Å². The molecule has 0 aliphatic carbocycles. The molecule has 2 rings (SSSR count). The van der Waals surface area contributed by atoms with Gasteiger partial charge in [0, 0.05) is 11.4 Å². The van der Waals surface area contributed by atoms with Crippen molar-refractivity contribution in [3.63, 3.8) is 0 Å². The highest BCUT2D eigenvalue weighted by Crippen LogP contribution is 2.31. The second-order valence-corrected chi connectivity index (χ2v) is 4.72. The van der Waals surface area contributed by atoms with Crippen molar-refractivity contribution in [2.75, 3.05) is 7.11 Å². The van der Waals surface area contributed by atoms with Crippen molar-refractivity contribution in [2.45, 2.75) is 12.5 Å². The predicted octanol–water partition coefficient (Wildman–Crippen LogP) is 3.90. The van der Waals surface area contributed by atoms with Crippen molar-refractivity contribution in [2.24, 2.45) is 0 Å². The molecule has 0 bridgehead atoms. The lowest BCUT2D eigenvalue weighted by Crippen LogP contribution is -2.07. The lowest BCUT2D eigenvalue weighted by atomic mass is 10.00. The monoisotopic (exact) mass is 298 g/mol. The molecule has 2 aromatic rings. The molecule has 0 fully saturated rings. The SMILES string of the molecule is COc1cccc(F)c1C(O)Cc1ccc(F)cc1Cl. The van der Waals surface area contributed by atoms with Gasteiger partial charge in [0.2, 0.25) is 0 Å². The molecule has 106 valence electrons. The smallest absolute Gasteiger partial charge is 0.132 e. The van der Waals surface area contributed by atoms with E-state index in [9.17, 15) is 13.9 Å². The predicted molar refractivity (Wildman–Crippen MR) is 73.0 cm³/mol. The Hall–Kier alpha value is -1.65. The van der Waals surface area contributed by atoms with Crippen molar-refractivity contribution in [3.05, 3.63) is 64.2 Å². The van der Waals surface area contributed by atoms with Crippen LogP contribution >= 0.6 is 11.6 Å². The Morgan fingerprint density at radius 3 is 2.65 bits per heavy atom. The van der Waals surface area contributed by atoms with E-state index in [1.165, 1.54) is 31.4 Å². The van der Waals surface area contributed by atoms with Gasteiger partial charge in [0.05, 0.1) is 18.8 Å². The molecule has 20 heavy (non-hydrogen) atoms. The fraction of sp³-hybridized carbons (Fsp3) is 0.200. The molecule has 0 aromatic heterocycles. The molecule has 0 heterocycles. The fourth-order valence-electron chi connectivity index (χ4n) is 2.02. The maximum absolute atomic E-state index is 13.8. The van der Waals surface area contributed by atoms with Gasteiger partial charge in [0.15, 0.2) is 0 Å². The zero-order valence-corrected chi connectivity index (χ0v) is 11.5. The van der Waals surface area contributed by atoms with Crippen LogP contribution in [0.25, 0.3) is 0 Å². The van der Waals surface area contributed by atoms with Gasteiger partial charge in [-0.25, -0.2) is 8.78 Å². The number of halogens is 3. The number of aliphatic hydroxyl groups excluding tert-OH is 1. The van der Waals surface area contributed by atoms with Crippen LogP contribution in [-0.2, 0) is 6.42 Å². The molecule has 0 radical (unpaired) electrons. The third kappa shape index (κ3) is 3.08. The molecular formula is C15H13ClF2O2. The third-order valence-electron chi connectivity index (χ3n) is 2.99. The molecule has 0 spiro atoms. The Bertz CT molecular complexity index is 617. The Morgan fingerprint density at radius 2 is 2.00 bits per heavy atom. The Labute approximate surface area is 120 Å². The van der Waals surface area contributed by atoms with E-state index in [0.29, 0.717) is 5.56 Å². The summed E-state index contributed by atoms with van der Waals surface area (Å²) >= 11 is 5.90. The Kier molecular flexibility index (Phi) is 4.57. The van der Waals surface area contributed by atoms with Crippen LogP contribution in [0.1, 0.15) is 17.2 Å². The number of hydrogen-bond acceptors (Lipinski definition) is 2. The summed E-state index contributed by atoms with van der Waals surface area (Å²) in [5, 5.41) is 10.4. The van der Waals surface area contributed by atoms with Gasteiger partial charge < -0.3 is 9.84 Å². The van der Waals surface area contributed by atoms with Crippen LogP contribution < -0.4 is 4.74 Å². The van der Waals surface area contributed by atoms with Crippen molar-refractivity contribution >= 4 is 11.6 Å². The van der Waals surface area contributed by atoms with Gasteiger partial charge in [-0.2, -0.15) is 0 Å². The molecule has 1 unspecified atom stereocenters. The van der Waals surface area contributed by atoms with Crippen LogP contribution in [0.2, 0.25) is 5.02 Å². The minimum absolute atomic E-state index is 0.0652. The van der Waals surface area contributed by atoms with E-state index in [1.54, 1.807) is 6.07 Å². The topological polar surface area (TPSA) is 29.5 Å². The highest BCUT2D eigenvalue weighted by Gasteiger charge is 2.19. The standard InChI is InChI=1S/C15H13ClF2O2/c1-20-14-4-2-3-12(18)15(14)13(19)7-9-5-6-10(17)8-11(9)16/h2-6,8,13,19H,7H2,1H3. The van der Waals surface area contributed by atoms with Gasteiger partial charge in [0.25, 0.3) is 0 Å². The Morgan fingerprint density at radius 1 is 1.25 bits per heavy atom. The molecule has 2 nitrogen and oxygen atoms in total. The summed E-state index contributed by atoms with van der Waals surface area (Å²) in [6.07, 6.45) is -1.06. The normalized spacial score (nSPS) is 12.2. The minimum Gasteiger partial charge on any atom is -0.496 e. The quantitative estimate of drug-likeness (QED) is 0.927. The van der Waals surface area contributed by atoms with E-state index >= 15 is 0 Å². The van der Waals surface area contributed by atoms with Crippen LogP contribution in [-0.4, -0.2) is 12.2 Å². The number of methoxy groups -OCH3 is 1. The molecule has 0 saturated carbocycles. The maximum Gasteiger partial charge on any atom is 0.132 e. The fourth-order valence-corrected chi connectivity index (χ4v) is 2.26. The highest BCUT2D eigenvalue weighted by atomic mass is 35.5. The van der Waals surface area contributed by atoms with E-state index in [-0.39, 0.29) is 22.8 Å². The third-order valence-corrected chi connectivity index (χ3v) is 3.35. The van der Waals surface area contributed by atoms with Gasteiger partial charge in [-0.3, -0.25) is 0 Å². The van der Waals surface area contributed by atoms with Gasteiger partial charge >= 0.3 is 0 Å². The summed E-state index contributed by atoms with van der Waals surface area (Å²) < 4.78 is 31.8. The zero-order valence-electron chi connectivity index (χ0n) is 10.7. The zero-order chi connectivity index (χ0) is 14.7. The van der Waals surface area contributed by atoms with E-state index in [1.807, 2.05) is 0 Å². The average molecular weight is 299 g/mol. The van der Waals surface area contributed by atoms with Crippen LogP contribution in [0.4, 0.5) is 8.78 Å². The lowest BCUT2D eigenvalue weighted by molar-refractivity contribution is 0.169. The first-order chi connectivity index (χ1) is 9.52. The van der Waals surface area contributed by atoms with Gasteiger partial charge in [-0.1, -0.05) is 23.7 Å². The number of hydrogen-bond donors (Lipinski definition) is 1. The molecule has 2 aromatic carbocycles. The molecular weight excluding hydrogens is 286 g/mol. The lowest BCUT2D eigenvalue weighted by Gasteiger charge is -2.16. The first kappa shape index (κ1) is 14.8. The summed E-state index contributed by atoms with van der Waals surface area (Å²) in [4.78, 5) is 0. The van der Waals surface area contributed by atoms with Crippen molar-refractivity contribution in [3.8, 4) is 5.75 Å². The molecule has 1 N–H and O–H groups in total. The number of ether oxygens (including phenoxy) is 1. The van der Waals surface area contributed by atoms with E-state index in [4.69, 9.17) is 16.3 Å². The molecule has 1 atom stereocenters. The highest BCUT2D eigenvalue weighted by molar-refractivity contribution is 6.31. The summed E-state index contributed by atoms with van der Waals surface area (Å²) in [5.41, 5.74) is 0.598. The first-order valence-electron chi connectivity index (χ1n) is 5.97. The molecule has 5 heteroatoms. The van der Waals surface area contributed by atoms with Crippen LogP contribution in [0.3, 0.4) is 0 Å². The summed E-state index contributed by atoms with van der Waals surface area (Å²) in [5.74, 6) is -0.762. The molecule has 0 amide bonds. The van der Waals surface area contributed by atoms with E-state index in [0.717, 1.165) is 6.07 Å². The second-order valence-electron chi connectivity index (χ2n) is 4.31. The summed E-state index contributed by atoms with van der Waals surface area (Å²) in [7, 11) is 1.40. The minimum atomic E-state index is -1.13. The van der Waals surface area contributed by atoms with E-state index in [2.05, 4.69) is 0 Å². The average Bonchev–Trinajstić information content (AvgIpc) is 2.41. The van der Waals surface area contributed by atoms with Gasteiger partial charge in [0.1, 0.15) is 17.4 Å². The van der Waals surface area contributed by atoms with Crippen molar-refractivity contribution in [1.82, 2.24) is 0 Å². The van der Waals surface area contributed by atoms with Gasteiger partial charge in [-0.05, 0) is 29.8 Å². The first-order valence-corrected chi connectivity index (χ1v) is 6.35.